The zero-order valence-corrected chi connectivity index (χ0v) is 7.30. The maximum atomic E-state index is 10.5. The highest BCUT2D eigenvalue weighted by atomic mass is 16.5. The second kappa shape index (κ2) is 3.87. The molecule has 0 aromatic rings. The van der Waals surface area contributed by atoms with Crippen LogP contribution in [0, 0.1) is 0 Å². The molecule has 1 atom stereocenters. The lowest BCUT2D eigenvalue weighted by molar-refractivity contribution is -0.144. The number of nitrogens with one attached hydrogen (secondary N) is 1. The first-order valence-electron chi connectivity index (χ1n) is 4.25. The lowest BCUT2D eigenvalue weighted by Gasteiger charge is -2.25. The molecule has 1 saturated heterocycles. The lowest BCUT2D eigenvalue weighted by Crippen LogP contribution is -2.37. The fraction of sp³-hybridized carbons (Fsp3) is 0.875. The highest BCUT2D eigenvalue weighted by Gasteiger charge is 2.36. The average Bonchev–Trinajstić information content (AvgIpc) is 2.36. The number of aliphatic carboxylic acids is 1. The van der Waals surface area contributed by atoms with E-state index in [-0.39, 0.29) is 6.42 Å². The van der Waals surface area contributed by atoms with E-state index < -0.39 is 11.6 Å². The summed E-state index contributed by atoms with van der Waals surface area (Å²) in [4.78, 5) is 10.5. The molecule has 0 spiro atoms. The van der Waals surface area contributed by atoms with Crippen molar-refractivity contribution in [2.75, 3.05) is 19.7 Å². The molecule has 0 saturated carbocycles. The molecule has 12 heavy (non-hydrogen) atoms. The van der Waals surface area contributed by atoms with E-state index >= 15 is 0 Å². The first kappa shape index (κ1) is 9.48. The quantitative estimate of drug-likeness (QED) is 0.639. The second-order valence-corrected chi connectivity index (χ2v) is 3.11. The number of carboxylic acid groups (broad SMARTS) is 1. The van der Waals surface area contributed by atoms with Gasteiger partial charge in [-0.1, -0.05) is 0 Å². The van der Waals surface area contributed by atoms with Gasteiger partial charge < -0.3 is 15.2 Å². The van der Waals surface area contributed by atoms with E-state index in [1.54, 1.807) is 0 Å². The summed E-state index contributed by atoms with van der Waals surface area (Å²) in [5.41, 5.74) is -0.444. The highest BCUT2D eigenvalue weighted by Crippen LogP contribution is 2.23. The molecule has 0 amide bonds. The number of carboxylic acids is 1. The summed E-state index contributed by atoms with van der Waals surface area (Å²) in [6.45, 7) is 3.98. The van der Waals surface area contributed by atoms with Gasteiger partial charge in [0.2, 0.25) is 0 Å². The summed E-state index contributed by atoms with van der Waals surface area (Å²) in [6, 6.07) is 0. The van der Waals surface area contributed by atoms with E-state index in [4.69, 9.17) is 9.84 Å². The van der Waals surface area contributed by atoms with Gasteiger partial charge in [0.15, 0.2) is 0 Å². The minimum atomic E-state index is -0.785. The molecule has 1 aliphatic heterocycles. The Bertz CT molecular complexity index is 164. The van der Waals surface area contributed by atoms with Crippen LogP contribution in [0.25, 0.3) is 0 Å². The molecule has 2 N–H and O–H groups in total. The Labute approximate surface area is 71.9 Å². The molecule has 1 aliphatic rings. The topological polar surface area (TPSA) is 58.6 Å². The van der Waals surface area contributed by atoms with Gasteiger partial charge in [-0.3, -0.25) is 4.79 Å². The van der Waals surface area contributed by atoms with Crippen LogP contribution in [0.4, 0.5) is 0 Å². The van der Waals surface area contributed by atoms with Gasteiger partial charge in [-0.25, -0.2) is 0 Å². The van der Waals surface area contributed by atoms with Crippen molar-refractivity contribution < 1.29 is 14.6 Å². The summed E-state index contributed by atoms with van der Waals surface area (Å²) in [6.07, 6.45) is 0.904. The van der Waals surface area contributed by atoms with Crippen LogP contribution in [0.3, 0.4) is 0 Å². The van der Waals surface area contributed by atoms with Gasteiger partial charge in [0.25, 0.3) is 0 Å². The fourth-order valence-electron chi connectivity index (χ4n) is 1.63. The standard InChI is InChI=1S/C8H15NO3/c1-2-12-8(5-7(10)11)3-4-9-6-8/h9H,2-6H2,1H3,(H,10,11). The third-order valence-electron chi connectivity index (χ3n) is 2.13. The van der Waals surface area contributed by atoms with E-state index in [0.717, 1.165) is 13.0 Å². The minimum absolute atomic E-state index is 0.105. The Hall–Kier alpha value is -0.610. The van der Waals surface area contributed by atoms with Crippen LogP contribution in [-0.2, 0) is 9.53 Å². The third-order valence-corrected chi connectivity index (χ3v) is 2.13. The molecule has 0 aromatic carbocycles. The zero-order valence-electron chi connectivity index (χ0n) is 7.30. The van der Waals surface area contributed by atoms with Crippen LogP contribution in [0.5, 0.6) is 0 Å². The van der Waals surface area contributed by atoms with Crippen LogP contribution in [0.15, 0.2) is 0 Å². The molecule has 0 bridgehead atoms. The Balaban J connectivity index is 2.52. The molecule has 1 unspecified atom stereocenters. The van der Waals surface area contributed by atoms with Gasteiger partial charge in [0, 0.05) is 13.2 Å². The van der Waals surface area contributed by atoms with Crippen molar-refractivity contribution in [2.24, 2.45) is 0 Å². The third kappa shape index (κ3) is 2.19. The molecular weight excluding hydrogens is 158 g/mol. The molecule has 4 nitrogen and oxygen atoms in total. The van der Waals surface area contributed by atoms with E-state index in [9.17, 15) is 4.79 Å². The fourth-order valence-corrected chi connectivity index (χ4v) is 1.63. The van der Waals surface area contributed by atoms with E-state index in [2.05, 4.69) is 5.32 Å². The minimum Gasteiger partial charge on any atom is -0.481 e. The van der Waals surface area contributed by atoms with E-state index in [1.807, 2.05) is 6.92 Å². The Morgan fingerprint density at radius 3 is 2.92 bits per heavy atom. The molecule has 1 fully saturated rings. The molecule has 4 heteroatoms. The van der Waals surface area contributed by atoms with Crippen LogP contribution in [-0.4, -0.2) is 36.4 Å². The number of hydrogen-bond acceptors (Lipinski definition) is 3. The van der Waals surface area contributed by atoms with Gasteiger partial charge in [0.1, 0.15) is 0 Å². The molecule has 70 valence electrons. The van der Waals surface area contributed by atoms with Crippen LogP contribution in [0.1, 0.15) is 19.8 Å². The summed E-state index contributed by atoms with van der Waals surface area (Å²) in [7, 11) is 0. The summed E-state index contributed by atoms with van der Waals surface area (Å²) in [5, 5.41) is 11.8. The van der Waals surface area contributed by atoms with E-state index in [0.29, 0.717) is 13.2 Å². The van der Waals surface area contributed by atoms with Crippen molar-refractivity contribution in [3.63, 3.8) is 0 Å². The molecule has 1 heterocycles. The average molecular weight is 173 g/mol. The van der Waals surface area contributed by atoms with Gasteiger partial charge in [-0.15, -0.1) is 0 Å². The molecular formula is C8H15NO3. The van der Waals surface area contributed by atoms with E-state index in [1.165, 1.54) is 0 Å². The predicted octanol–water partition coefficient (Wildman–Crippen LogP) is 0.230. The summed E-state index contributed by atoms with van der Waals surface area (Å²) >= 11 is 0. The van der Waals surface area contributed by atoms with Gasteiger partial charge in [-0.05, 0) is 19.9 Å². The van der Waals surface area contributed by atoms with Crippen molar-refractivity contribution in [3.05, 3.63) is 0 Å². The van der Waals surface area contributed by atoms with Crippen LogP contribution in [0.2, 0.25) is 0 Å². The van der Waals surface area contributed by atoms with Crippen molar-refractivity contribution in [1.82, 2.24) is 5.32 Å². The number of hydrogen-bond donors (Lipinski definition) is 2. The summed E-state index contributed by atoms with van der Waals surface area (Å²) < 4.78 is 5.46. The lowest BCUT2D eigenvalue weighted by atomic mass is 9.99. The largest absolute Gasteiger partial charge is 0.481 e. The molecule has 0 radical (unpaired) electrons. The smallest absolute Gasteiger partial charge is 0.306 e. The Morgan fingerprint density at radius 2 is 2.50 bits per heavy atom. The number of rotatable bonds is 4. The van der Waals surface area contributed by atoms with Gasteiger partial charge in [0.05, 0.1) is 12.0 Å². The normalized spacial score (nSPS) is 29.1. The van der Waals surface area contributed by atoms with Crippen molar-refractivity contribution in [1.29, 1.82) is 0 Å². The first-order chi connectivity index (χ1) is 5.68. The number of ether oxygens (including phenoxy) is 1. The van der Waals surface area contributed by atoms with Gasteiger partial charge >= 0.3 is 5.97 Å². The van der Waals surface area contributed by atoms with Crippen molar-refractivity contribution >= 4 is 5.97 Å². The zero-order chi connectivity index (χ0) is 9.03. The Morgan fingerprint density at radius 1 is 1.75 bits per heavy atom. The highest BCUT2D eigenvalue weighted by molar-refractivity contribution is 5.68. The SMILES string of the molecule is CCOC1(CC(=O)O)CCNC1. The van der Waals surface area contributed by atoms with Crippen LogP contribution < -0.4 is 5.32 Å². The molecule has 0 aromatic heterocycles. The number of carbonyl (C=O) groups is 1. The van der Waals surface area contributed by atoms with Gasteiger partial charge in [-0.2, -0.15) is 0 Å². The summed E-state index contributed by atoms with van der Waals surface area (Å²) in [5.74, 6) is -0.785. The molecule has 1 rings (SSSR count). The molecule has 0 aliphatic carbocycles. The monoisotopic (exact) mass is 173 g/mol. The first-order valence-corrected chi connectivity index (χ1v) is 4.25. The van der Waals surface area contributed by atoms with Crippen molar-refractivity contribution in [2.45, 2.75) is 25.4 Å². The second-order valence-electron chi connectivity index (χ2n) is 3.11. The van der Waals surface area contributed by atoms with Crippen LogP contribution >= 0.6 is 0 Å². The maximum Gasteiger partial charge on any atom is 0.306 e. The van der Waals surface area contributed by atoms with Crippen molar-refractivity contribution in [3.8, 4) is 0 Å². The maximum absolute atomic E-state index is 10.5. The predicted molar refractivity (Wildman–Crippen MR) is 44.1 cm³/mol. The Kier molecular flexibility index (Phi) is 3.05.